The molecular formula is C20H28O4. The van der Waals surface area contributed by atoms with Crippen LogP contribution in [0.25, 0.3) is 0 Å². The van der Waals surface area contributed by atoms with Crippen molar-refractivity contribution in [3.63, 3.8) is 0 Å². The smallest absolute Gasteiger partial charge is 0.333 e. The summed E-state index contributed by atoms with van der Waals surface area (Å²) in [7, 11) is 0. The minimum atomic E-state index is -1.19. The van der Waals surface area contributed by atoms with Crippen molar-refractivity contribution >= 4 is 5.97 Å². The first-order valence-corrected chi connectivity index (χ1v) is 8.80. The molecule has 2 aliphatic carbocycles. The molecule has 0 aromatic rings. The Hall–Kier alpha value is -1.39. The van der Waals surface area contributed by atoms with Gasteiger partial charge in [-0.05, 0) is 41.6 Å². The maximum atomic E-state index is 11.3. The molecule has 0 unspecified atom stereocenters. The van der Waals surface area contributed by atoms with E-state index >= 15 is 0 Å². The second-order valence-electron chi connectivity index (χ2n) is 8.50. The third kappa shape index (κ3) is 2.76. The Labute approximate surface area is 143 Å². The first-order valence-electron chi connectivity index (χ1n) is 8.80. The van der Waals surface area contributed by atoms with Gasteiger partial charge in [0, 0.05) is 17.6 Å². The number of hydrogen-bond donors (Lipinski definition) is 2. The van der Waals surface area contributed by atoms with E-state index < -0.39 is 18.4 Å². The van der Waals surface area contributed by atoms with Gasteiger partial charge in [0.05, 0.1) is 6.10 Å². The molecule has 2 N–H and O–H groups in total. The van der Waals surface area contributed by atoms with Crippen LogP contribution >= 0.6 is 0 Å². The standard InChI is InChI=1S/C20H28O4/c1-12-14(7-6-13-10-17(22)24-18(13)23)20(4)9-5-8-19(2,3)16(20)11-15(12)21/h6-7,10,14-16,18,21,23H,1,5,8-9,11H2,2-4H3/t14-,15-,16-,18-,20+/m0/s1. The number of hydrogen-bond acceptors (Lipinski definition) is 4. The minimum absolute atomic E-state index is 0.0228. The summed E-state index contributed by atoms with van der Waals surface area (Å²) < 4.78 is 4.73. The van der Waals surface area contributed by atoms with Crippen molar-refractivity contribution in [2.75, 3.05) is 0 Å². The number of esters is 1. The van der Waals surface area contributed by atoms with Gasteiger partial charge in [-0.2, -0.15) is 0 Å². The van der Waals surface area contributed by atoms with E-state index in [0.717, 1.165) is 18.4 Å². The summed E-state index contributed by atoms with van der Waals surface area (Å²) in [5.41, 5.74) is 1.52. The lowest BCUT2D eigenvalue weighted by atomic mass is 9.47. The van der Waals surface area contributed by atoms with Crippen LogP contribution in [0.2, 0.25) is 0 Å². The van der Waals surface area contributed by atoms with Gasteiger partial charge in [0.2, 0.25) is 6.29 Å². The highest BCUT2D eigenvalue weighted by Crippen LogP contribution is 2.61. The van der Waals surface area contributed by atoms with Crippen LogP contribution in [0.5, 0.6) is 0 Å². The molecule has 132 valence electrons. The summed E-state index contributed by atoms with van der Waals surface area (Å²) in [4.78, 5) is 11.3. The predicted octanol–water partition coefficient (Wildman–Crippen LogP) is 3.11. The van der Waals surface area contributed by atoms with Gasteiger partial charge in [-0.3, -0.25) is 0 Å². The molecule has 1 aliphatic heterocycles. The normalized spacial score (nSPS) is 42.0. The van der Waals surface area contributed by atoms with Gasteiger partial charge in [0.25, 0.3) is 0 Å². The van der Waals surface area contributed by atoms with Crippen molar-refractivity contribution in [3.8, 4) is 0 Å². The van der Waals surface area contributed by atoms with E-state index in [-0.39, 0.29) is 16.7 Å². The second-order valence-corrected chi connectivity index (χ2v) is 8.50. The number of carbonyl (C=O) groups is 1. The van der Waals surface area contributed by atoms with Crippen molar-refractivity contribution in [2.24, 2.45) is 22.7 Å². The number of aliphatic hydroxyl groups is 2. The number of allylic oxidation sites excluding steroid dienone is 1. The van der Waals surface area contributed by atoms with E-state index in [9.17, 15) is 15.0 Å². The molecule has 0 aromatic carbocycles. The molecule has 2 fully saturated rings. The van der Waals surface area contributed by atoms with E-state index in [0.29, 0.717) is 11.5 Å². The summed E-state index contributed by atoms with van der Waals surface area (Å²) in [5, 5.41) is 20.3. The fourth-order valence-electron chi connectivity index (χ4n) is 5.23. The maximum absolute atomic E-state index is 11.3. The lowest BCUT2D eigenvalue weighted by molar-refractivity contribution is -0.150. The van der Waals surface area contributed by atoms with Gasteiger partial charge in [-0.15, -0.1) is 0 Å². The molecule has 2 saturated carbocycles. The largest absolute Gasteiger partial charge is 0.428 e. The molecule has 3 aliphatic rings. The Morgan fingerprint density at radius 2 is 2.00 bits per heavy atom. The Morgan fingerprint density at radius 3 is 2.62 bits per heavy atom. The highest BCUT2D eigenvalue weighted by atomic mass is 16.6. The van der Waals surface area contributed by atoms with Crippen LogP contribution in [-0.4, -0.2) is 28.6 Å². The Morgan fingerprint density at radius 1 is 1.29 bits per heavy atom. The molecule has 24 heavy (non-hydrogen) atoms. The number of ether oxygens (including phenoxy) is 1. The van der Waals surface area contributed by atoms with Crippen molar-refractivity contribution in [2.45, 2.75) is 58.8 Å². The maximum Gasteiger partial charge on any atom is 0.333 e. The Bertz CT molecular complexity index is 615. The molecule has 0 aromatic heterocycles. The van der Waals surface area contributed by atoms with Gasteiger partial charge in [-0.1, -0.05) is 45.9 Å². The molecule has 0 amide bonds. The zero-order valence-corrected chi connectivity index (χ0v) is 14.8. The van der Waals surface area contributed by atoms with Crippen LogP contribution in [0.4, 0.5) is 0 Å². The van der Waals surface area contributed by atoms with Crippen LogP contribution < -0.4 is 0 Å². The molecular weight excluding hydrogens is 304 g/mol. The molecule has 0 radical (unpaired) electrons. The quantitative estimate of drug-likeness (QED) is 0.602. The van der Waals surface area contributed by atoms with Crippen LogP contribution in [0.1, 0.15) is 46.5 Å². The second kappa shape index (κ2) is 5.85. The van der Waals surface area contributed by atoms with Crippen LogP contribution in [0.15, 0.2) is 36.0 Å². The lowest BCUT2D eigenvalue weighted by Crippen LogP contribution is -2.52. The monoisotopic (exact) mass is 332 g/mol. The van der Waals surface area contributed by atoms with E-state index in [1.165, 1.54) is 18.9 Å². The molecule has 4 heteroatoms. The summed E-state index contributed by atoms with van der Waals surface area (Å²) in [6, 6.07) is 0. The van der Waals surface area contributed by atoms with Gasteiger partial charge in [-0.25, -0.2) is 4.79 Å². The number of rotatable bonds is 2. The van der Waals surface area contributed by atoms with E-state index in [4.69, 9.17) is 4.74 Å². The summed E-state index contributed by atoms with van der Waals surface area (Å²) in [6.45, 7) is 11.1. The van der Waals surface area contributed by atoms with E-state index in [1.807, 2.05) is 6.08 Å². The summed E-state index contributed by atoms with van der Waals surface area (Å²) in [6.07, 6.45) is 7.57. The molecule has 0 saturated heterocycles. The van der Waals surface area contributed by atoms with Gasteiger partial charge < -0.3 is 14.9 Å². The van der Waals surface area contributed by atoms with Crippen molar-refractivity contribution < 1.29 is 19.7 Å². The average Bonchev–Trinajstić information content (AvgIpc) is 2.79. The van der Waals surface area contributed by atoms with Gasteiger partial charge in [0.15, 0.2) is 0 Å². The van der Waals surface area contributed by atoms with Crippen molar-refractivity contribution in [1.29, 1.82) is 0 Å². The Kier molecular flexibility index (Phi) is 4.25. The Balaban J connectivity index is 1.93. The molecule has 0 bridgehead atoms. The average molecular weight is 332 g/mol. The van der Waals surface area contributed by atoms with Crippen LogP contribution in [0.3, 0.4) is 0 Å². The highest BCUT2D eigenvalue weighted by molar-refractivity contribution is 5.86. The zero-order chi connectivity index (χ0) is 17.7. The fourth-order valence-corrected chi connectivity index (χ4v) is 5.23. The molecule has 4 nitrogen and oxygen atoms in total. The number of carbonyl (C=O) groups excluding carboxylic acids is 1. The van der Waals surface area contributed by atoms with E-state index in [2.05, 4.69) is 27.4 Å². The molecule has 0 spiro atoms. The molecule has 3 rings (SSSR count). The van der Waals surface area contributed by atoms with Gasteiger partial charge in [0.1, 0.15) is 0 Å². The first kappa shape index (κ1) is 17.4. The SMILES string of the molecule is C=C1[C@@H](O)C[C@H]2C(C)(C)CCC[C@]2(C)[C@H]1C=CC1=CC(=O)O[C@@H]1O. The number of cyclic esters (lactones) is 1. The predicted molar refractivity (Wildman–Crippen MR) is 91.8 cm³/mol. The zero-order valence-electron chi connectivity index (χ0n) is 14.8. The highest BCUT2D eigenvalue weighted by Gasteiger charge is 2.54. The third-order valence-electron chi connectivity index (χ3n) is 6.55. The topological polar surface area (TPSA) is 66.8 Å². The third-order valence-corrected chi connectivity index (χ3v) is 6.55. The summed E-state index contributed by atoms with van der Waals surface area (Å²) >= 11 is 0. The first-order chi connectivity index (χ1) is 11.1. The minimum Gasteiger partial charge on any atom is -0.428 e. The van der Waals surface area contributed by atoms with Crippen LogP contribution in [-0.2, 0) is 9.53 Å². The number of fused-ring (bicyclic) bond motifs is 1. The fraction of sp³-hybridized carbons (Fsp3) is 0.650. The van der Waals surface area contributed by atoms with Crippen molar-refractivity contribution in [1.82, 2.24) is 0 Å². The lowest BCUT2D eigenvalue weighted by Gasteiger charge is -2.58. The van der Waals surface area contributed by atoms with Crippen molar-refractivity contribution in [3.05, 3.63) is 36.0 Å². The number of aliphatic hydroxyl groups excluding tert-OH is 2. The summed E-state index contributed by atoms with van der Waals surface area (Å²) in [5.74, 6) is -0.0866. The van der Waals surface area contributed by atoms with Gasteiger partial charge >= 0.3 is 5.97 Å². The molecule has 1 heterocycles. The molecule has 5 atom stereocenters. The van der Waals surface area contributed by atoms with E-state index in [1.54, 1.807) is 6.08 Å². The van der Waals surface area contributed by atoms with Crippen LogP contribution in [0, 0.1) is 22.7 Å².